The molecule has 0 aliphatic rings. The fourth-order valence-electron chi connectivity index (χ4n) is 1.70. The second-order valence-corrected chi connectivity index (χ2v) is 4.81. The first kappa shape index (κ1) is 13.1. The first-order valence-corrected chi connectivity index (χ1v) is 6.00. The van der Waals surface area contributed by atoms with Gasteiger partial charge in [-0.05, 0) is 48.9 Å². The molecular weight excluding hydrogens is 274 g/mol. The molecule has 0 amide bonds. The average Bonchev–Trinajstić information content (AvgIpc) is 2.26. The summed E-state index contributed by atoms with van der Waals surface area (Å²) < 4.78 is 13.3. The lowest BCUT2D eigenvalue weighted by Gasteiger charge is -2.05. The van der Waals surface area contributed by atoms with Crippen molar-refractivity contribution in [3.05, 3.63) is 69.0 Å². The molecule has 0 saturated carbocycles. The minimum absolute atomic E-state index is 0.259. The van der Waals surface area contributed by atoms with E-state index in [9.17, 15) is 9.18 Å². The molecule has 0 heterocycles. The van der Waals surface area contributed by atoms with Crippen LogP contribution in [0.25, 0.3) is 0 Å². The van der Waals surface area contributed by atoms with Crippen molar-refractivity contribution in [2.75, 3.05) is 0 Å². The second kappa shape index (κ2) is 5.09. The van der Waals surface area contributed by atoms with E-state index in [0.29, 0.717) is 16.1 Å². The molecule has 0 spiro atoms. The van der Waals surface area contributed by atoms with Gasteiger partial charge in [-0.2, -0.15) is 0 Å². The fourth-order valence-corrected chi connectivity index (χ4v) is 2.19. The first-order chi connectivity index (χ1) is 8.47. The summed E-state index contributed by atoms with van der Waals surface area (Å²) in [6.07, 6.45) is 0. The number of carbonyl (C=O) groups is 1. The maximum absolute atomic E-state index is 13.3. The van der Waals surface area contributed by atoms with Crippen LogP contribution in [0.15, 0.2) is 36.4 Å². The molecule has 0 aliphatic carbocycles. The molecule has 18 heavy (non-hydrogen) atoms. The molecule has 0 bridgehead atoms. The van der Waals surface area contributed by atoms with E-state index in [4.69, 9.17) is 23.2 Å². The van der Waals surface area contributed by atoms with E-state index < -0.39 is 5.82 Å². The van der Waals surface area contributed by atoms with Gasteiger partial charge in [0.05, 0.1) is 5.02 Å². The molecule has 2 aromatic carbocycles. The number of benzene rings is 2. The van der Waals surface area contributed by atoms with Crippen molar-refractivity contribution in [3.63, 3.8) is 0 Å². The molecule has 0 fully saturated rings. The Morgan fingerprint density at radius 1 is 1.11 bits per heavy atom. The molecular formula is C14H9Cl2FO. The van der Waals surface area contributed by atoms with E-state index in [1.807, 2.05) is 0 Å². The standard InChI is InChI=1S/C14H9Cl2FO/c1-8-4-9(6-11(17)5-8)14(18)12-3-2-10(15)7-13(12)16/h2-7H,1H3. The highest BCUT2D eigenvalue weighted by atomic mass is 35.5. The summed E-state index contributed by atoms with van der Waals surface area (Å²) in [5, 5.41) is 0.710. The van der Waals surface area contributed by atoms with E-state index in [-0.39, 0.29) is 16.4 Å². The molecule has 0 aromatic heterocycles. The Balaban J connectivity index is 2.47. The lowest BCUT2D eigenvalue weighted by Crippen LogP contribution is -2.03. The molecule has 2 aromatic rings. The normalized spacial score (nSPS) is 10.4. The summed E-state index contributed by atoms with van der Waals surface area (Å²) in [6.45, 7) is 1.73. The van der Waals surface area contributed by atoms with Gasteiger partial charge in [-0.15, -0.1) is 0 Å². The zero-order valence-electron chi connectivity index (χ0n) is 9.51. The zero-order chi connectivity index (χ0) is 13.3. The van der Waals surface area contributed by atoms with Crippen molar-refractivity contribution < 1.29 is 9.18 Å². The zero-order valence-corrected chi connectivity index (χ0v) is 11.0. The van der Waals surface area contributed by atoms with E-state index in [1.165, 1.54) is 24.3 Å². The largest absolute Gasteiger partial charge is 0.289 e. The van der Waals surface area contributed by atoms with Gasteiger partial charge in [0.1, 0.15) is 5.82 Å². The third kappa shape index (κ3) is 2.71. The monoisotopic (exact) mass is 282 g/mol. The molecule has 0 unspecified atom stereocenters. The maximum atomic E-state index is 13.3. The van der Waals surface area contributed by atoms with Crippen molar-refractivity contribution in [1.29, 1.82) is 0 Å². The van der Waals surface area contributed by atoms with Crippen LogP contribution in [0.4, 0.5) is 4.39 Å². The molecule has 0 atom stereocenters. The van der Waals surface area contributed by atoms with E-state index >= 15 is 0 Å². The third-order valence-electron chi connectivity index (χ3n) is 2.48. The van der Waals surface area contributed by atoms with Gasteiger partial charge in [-0.1, -0.05) is 23.2 Å². The highest BCUT2D eigenvalue weighted by molar-refractivity contribution is 6.37. The van der Waals surface area contributed by atoms with Crippen molar-refractivity contribution in [2.24, 2.45) is 0 Å². The lowest BCUT2D eigenvalue weighted by molar-refractivity contribution is 0.103. The smallest absolute Gasteiger partial charge is 0.194 e. The SMILES string of the molecule is Cc1cc(F)cc(C(=O)c2ccc(Cl)cc2Cl)c1. The number of aryl methyl sites for hydroxylation is 1. The summed E-state index contributed by atoms with van der Waals surface area (Å²) in [5.74, 6) is -0.761. The minimum Gasteiger partial charge on any atom is -0.289 e. The Hall–Kier alpha value is -1.38. The first-order valence-electron chi connectivity index (χ1n) is 5.24. The van der Waals surface area contributed by atoms with Gasteiger partial charge in [0.2, 0.25) is 0 Å². The minimum atomic E-state index is -0.441. The Bertz CT molecular complexity index is 603. The van der Waals surface area contributed by atoms with Gasteiger partial charge in [-0.25, -0.2) is 4.39 Å². The number of carbonyl (C=O) groups excluding carboxylic acids is 1. The summed E-state index contributed by atoms with van der Waals surface area (Å²) in [6, 6.07) is 8.78. The van der Waals surface area contributed by atoms with Crippen LogP contribution in [0.5, 0.6) is 0 Å². The van der Waals surface area contributed by atoms with Crippen LogP contribution in [0.1, 0.15) is 21.5 Å². The Morgan fingerprint density at radius 3 is 2.44 bits per heavy atom. The number of ketones is 1. The van der Waals surface area contributed by atoms with Gasteiger partial charge in [0.15, 0.2) is 5.78 Å². The van der Waals surface area contributed by atoms with Gasteiger partial charge in [-0.3, -0.25) is 4.79 Å². The lowest BCUT2D eigenvalue weighted by atomic mass is 10.0. The molecule has 0 N–H and O–H groups in total. The van der Waals surface area contributed by atoms with Crippen LogP contribution in [0, 0.1) is 12.7 Å². The molecule has 4 heteroatoms. The Kier molecular flexibility index (Phi) is 3.69. The summed E-state index contributed by atoms with van der Waals surface area (Å²) in [7, 11) is 0. The van der Waals surface area contributed by atoms with Gasteiger partial charge < -0.3 is 0 Å². The second-order valence-electron chi connectivity index (χ2n) is 3.97. The number of hydrogen-bond acceptors (Lipinski definition) is 1. The van der Waals surface area contributed by atoms with E-state index in [1.54, 1.807) is 19.1 Å². The van der Waals surface area contributed by atoms with Crippen LogP contribution >= 0.6 is 23.2 Å². The number of rotatable bonds is 2. The molecule has 92 valence electrons. The van der Waals surface area contributed by atoms with Crippen molar-refractivity contribution >= 4 is 29.0 Å². The topological polar surface area (TPSA) is 17.1 Å². The number of halogens is 3. The van der Waals surface area contributed by atoms with Crippen molar-refractivity contribution in [2.45, 2.75) is 6.92 Å². The predicted octanol–water partition coefficient (Wildman–Crippen LogP) is 4.67. The van der Waals surface area contributed by atoms with Crippen LogP contribution in [0.3, 0.4) is 0 Å². The van der Waals surface area contributed by atoms with Crippen molar-refractivity contribution in [3.8, 4) is 0 Å². The van der Waals surface area contributed by atoms with E-state index in [0.717, 1.165) is 0 Å². The summed E-state index contributed by atoms with van der Waals surface area (Å²) in [4.78, 5) is 12.2. The number of hydrogen-bond donors (Lipinski definition) is 0. The van der Waals surface area contributed by atoms with Gasteiger partial charge >= 0.3 is 0 Å². The molecule has 0 radical (unpaired) electrons. The highest BCUT2D eigenvalue weighted by Crippen LogP contribution is 2.24. The maximum Gasteiger partial charge on any atom is 0.194 e. The quantitative estimate of drug-likeness (QED) is 0.732. The molecule has 1 nitrogen and oxygen atoms in total. The third-order valence-corrected chi connectivity index (χ3v) is 3.03. The van der Waals surface area contributed by atoms with Crippen LogP contribution in [-0.4, -0.2) is 5.78 Å². The average molecular weight is 283 g/mol. The van der Waals surface area contributed by atoms with E-state index in [2.05, 4.69) is 0 Å². The fraction of sp³-hybridized carbons (Fsp3) is 0.0714. The Labute approximate surface area is 114 Å². The van der Waals surface area contributed by atoms with Crippen LogP contribution < -0.4 is 0 Å². The summed E-state index contributed by atoms with van der Waals surface area (Å²) >= 11 is 11.7. The molecule has 0 saturated heterocycles. The van der Waals surface area contributed by atoms with Crippen LogP contribution in [-0.2, 0) is 0 Å². The highest BCUT2D eigenvalue weighted by Gasteiger charge is 2.14. The molecule has 0 aliphatic heterocycles. The predicted molar refractivity (Wildman–Crippen MR) is 71.0 cm³/mol. The molecule has 2 rings (SSSR count). The van der Waals surface area contributed by atoms with Crippen LogP contribution in [0.2, 0.25) is 10.0 Å². The van der Waals surface area contributed by atoms with Crippen molar-refractivity contribution in [1.82, 2.24) is 0 Å². The Morgan fingerprint density at radius 2 is 1.83 bits per heavy atom. The van der Waals surface area contributed by atoms with Gasteiger partial charge in [0.25, 0.3) is 0 Å². The summed E-state index contributed by atoms with van der Waals surface area (Å²) in [5.41, 5.74) is 1.27. The van der Waals surface area contributed by atoms with Gasteiger partial charge in [0, 0.05) is 16.1 Å².